The second kappa shape index (κ2) is 5.39. The minimum Gasteiger partial charge on any atom is -0.253 e. The third-order valence-corrected chi connectivity index (χ3v) is 4.41. The Morgan fingerprint density at radius 3 is 2.42 bits per heavy atom. The van der Waals surface area contributed by atoms with Crippen molar-refractivity contribution in [3.05, 3.63) is 35.4 Å². The molecule has 1 heterocycles. The second-order valence-electron chi connectivity index (χ2n) is 4.33. The predicted molar refractivity (Wildman–Crippen MR) is 75.8 cm³/mol. The van der Waals surface area contributed by atoms with Gasteiger partial charge in [0.25, 0.3) is 0 Å². The van der Waals surface area contributed by atoms with E-state index in [-0.39, 0.29) is 6.04 Å². The molecule has 2 unspecified atom stereocenters. The highest BCUT2D eigenvalue weighted by molar-refractivity contribution is 7.84. The minimum absolute atomic E-state index is 0.194. The van der Waals surface area contributed by atoms with E-state index in [1.165, 1.54) is 4.31 Å². The van der Waals surface area contributed by atoms with Gasteiger partial charge in [0, 0.05) is 6.54 Å². The van der Waals surface area contributed by atoms with Gasteiger partial charge in [-0.3, -0.25) is 4.18 Å². The third kappa shape index (κ3) is 4.21. The van der Waals surface area contributed by atoms with Crippen LogP contribution in [0.4, 0.5) is 0 Å². The van der Waals surface area contributed by atoms with E-state index in [1.807, 2.05) is 31.2 Å². The molecule has 4 nitrogen and oxygen atoms in total. The first kappa shape index (κ1) is 15.4. The van der Waals surface area contributed by atoms with Gasteiger partial charge in [-0.2, -0.15) is 12.7 Å². The van der Waals surface area contributed by atoms with Crippen molar-refractivity contribution in [2.75, 3.05) is 13.2 Å². The lowest BCUT2D eigenvalue weighted by Gasteiger charge is -2.12. The van der Waals surface area contributed by atoms with Gasteiger partial charge in [0.1, 0.15) is 6.61 Å². The number of hydrogen-bond donors (Lipinski definition) is 0. The minimum atomic E-state index is -3.85. The van der Waals surface area contributed by atoms with E-state index < -0.39 is 20.7 Å². The van der Waals surface area contributed by atoms with Crippen LogP contribution in [0.15, 0.2) is 24.3 Å². The van der Waals surface area contributed by atoms with E-state index in [2.05, 4.69) is 0 Å². The molecule has 0 spiro atoms. The molecule has 1 aromatic rings. The fraction of sp³-hybridized carbons (Fsp3) is 0.455. The van der Waals surface area contributed by atoms with Gasteiger partial charge in [-0.25, -0.2) is 0 Å². The summed E-state index contributed by atoms with van der Waals surface area (Å²) in [5.74, 6) is 0. The fourth-order valence-corrected chi connectivity index (χ4v) is 3.22. The number of aryl methyl sites for hydroxylation is 1. The summed E-state index contributed by atoms with van der Waals surface area (Å²) >= 11 is 16.4. The molecule has 1 aliphatic rings. The van der Waals surface area contributed by atoms with Crippen LogP contribution < -0.4 is 0 Å². The van der Waals surface area contributed by atoms with E-state index in [0.29, 0.717) is 6.54 Å². The summed E-state index contributed by atoms with van der Waals surface area (Å²) in [6, 6.07) is 7.46. The summed E-state index contributed by atoms with van der Waals surface area (Å²) < 4.78 is 27.8. The summed E-state index contributed by atoms with van der Waals surface area (Å²) in [4.78, 5) is 0. The van der Waals surface area contributed by atoms with Gasteiger partial charge in [-0.1, -0.05) is 64.6 Å². The number of alkyl halides is 3. The molecule has 0 saturated carbocycles. The van der Waals surface area contributed by atoms with Crippen molar-refractivity contribution in [3.63, 3.8) is 0 Å². The lowest BCUT2D eigenvalue weighted by molar-refractivity contribution is 0.305. The molecule has 8 heteroatoms. The molecule has 0 radical (unpaired) electrons. The monoisotopic (exact) mass is 343 g/mol. The average molecular weight is 345 g/mol. The maximum absolute atomic E-state index is 11.8. The second-order valence-corrected chi connectivity index (χ2v) is 8.41. The van der Waals surface area contributed by atoms with E-state index in [1.54, 1.807) is 0 Å². The van der Waals surface area contributed by atoms with Crippen LogP contribution in [0, 0.1) is 6.92 Å². The average Bonchev–Trinajstić information content (AvgIpc) is 3.07. The molecule has 1 fully saturated rings. The summed E-state index contributed by atoms with van der Waals surface area (Å²) in [7, 11) is -3.85. The van der Waals surface area contributed by atoms with Crippen molar-refractivity contribution in [3.8, 4) is 0 Å². The van der Waals surface area contributed by atoms with E-state index >= 15 is 0 Å². The molecule has 0 amide bonds. The van der Waals surface area contributed by atoms with Crippen molar-refractivity contribution in [1.82, 2.24) is 4.31 Å². The van der Waals surface area contributed by atoms with Gasteiger partial charge in [-0.15, -0.1) is 0 Å². The summed E-state index contributed by atoms with van der Waals surface area (Å²) in [5, 5.41) is 0. The molecular weight excluding hydrogens is 333 g/mol. The van der Waals surface area contributed by atoms with Gasteiger partial charge in [0.2, 0.25) is 3.79 Å². The lowest BCUT2D eigenvalue weighted by atomic mass is 10.1. The van der Waals surface area contributed by atoms with Crippen LogP contribution in [0.1, 0.15) is 17.2 Å². The van der Waals surface area contributed by atoms with Crippen molar-refractivity contribution < 1.29 is 12.6 Å². The number of hydrogen-bond acceptors (Lipinski definition) is 3. The normalized spacial score (nSPS) is 23.4. The maximum atomic E-state index is 11.8. The number of rotatable bonds is 4. The van der Waals surface area contributed by atoms with Crippen LogP contribution in [-0.2, 0) is 14.5 Å². The maximum Gasteiger partial charge on any atom is 0.339 e. The first-order valence-electron chi connectivity index (χ1n) is 5.48. The van der Waals surface area contributed by atoms with Crippen molar-refractivity contribution in [2.24, 2.45) is 0 Å². The van der Waals surface area contributed by atoms with E-state index in [4.69, 9.17) is 39.0 Å². The smallest absolute Gasteiger partial charge is 0.253 e. The van der Waals surface area contributed by atoms with Gasteiger partial charge in [-0.05, 0) is 12.5 Å². The Bertz CT molecular complexity index is 554. The first-order chi connectivity index (χ1) is 8.69. The summed E-state index contributed by atoms with van der Waals surface area (Å²) in [6.45, 7) is 1.84. The molecule has 106 valence electrons. The van der Waals surface area contributed by atoms with Gasteiger partial charge >= 0.3 is 10.3 Å². The van der Waals surface area contributed by atoms with Crippen LogP contribution in [0.3, 0.4) is 0 Å². The molecule has 19 heavy (non-hydrogen) atoms. The lowest BCUT2D eigenvalue weighted by Crippen LogP contribution is -2.22. The Morgan fingerprint density at radius 1 is 1.32 bits per heavy atom. The largest absolute Gasteiger partial charge is 0.339 e. The molecular formula is C11H12Cl3NO3S. The predicted octanol–water partition coefficient (Wildman–Crippen LogP) is 2.98. The zero-order chi connectivity index (χ0) is 14.3. The van der Waals surface area contributed by atoms with Crippen molar-refractivity contribution in [2.45, 2.75) is 16.8 Å². The highest BCUT2D eigenvalue weighted by Gasteiger charge is 2.46. The van der Waals surface area contributed by atoms with Crippen LogP contribution in [0.25, 0.3) is 0 Å². The zero-order valence-electron chi connectivity index (χ0n) is 10.0. The van der Waals surface area contributed by atoms with Crippen LogP contribution >= 0.6 is 34.8 Å². The Balaban J connectivity index is 2.00. The molecule has 2 rings (SSSR count). The van der Waals surface area contributed by atoms with Crippen LogP contribution in [0.5, 0.6) is 0 Å². The Labute approximate surface area is 127 Å². The SMILES string of the molecule is Cc1ccc(C2CN2S(=O)(=O)OCC(Cl)(Cl)Cl)cc1. The molecule has 0 N–H and O–H groups in total. The van der Waals surface area contributed by atoms with Crippen LogP contribution in [-0.4, -0.2) is 29.7 Å². The van der Waals surface area contributed by atoms with Crippen molar-refractivity contribution in [1.29, 1.82) is 0 Å². The van der Waals surface area contributed by atoms with Gasteiger partial charge in [0.15, 0.2) is 0 Å². The molecule has 1 saturated heterocycles. The number of nitrogens with zero attached hydrogens (tertiary/aromatic N) is 1. The zero-order valence-corrected chi connectivity index (χ0v) is 13.1. The summed E-state index contributed by atoms with van der Waals surface area (Å²) in [6.07, 6.45) is 0. The number of halogens is 3. The highest BCUT2D eigenvalue weighted by atomic mass is 35.6. The van der Waals surface area contributed by atoms with Gasteiger partial charge < -0.3 is 0 Å². The number of benzene rings is 1. The molecule has 1 aliphatic heterocycles. The van der Waals surface area contributed by atoms with E-state index in [9.17, 15) is 8.42 Å². The molecule has 2 atom stereocenters. The molecule has 0 aromatic heterocycles. The first-order valence-corrected chi connectivity index (χ1v) is 7.98. The molecule has 0 bridgehead atoms. The Kier molecular flexibility index (Phi) is 4.35. The fourth-order valence-electron chi connectivity index (χ4n) is 1.64. The summed E-state index contributed by atoms with van der Waals surface area (Å²) in [5.41, 5.74) is 2.04. The Hall–Kier alpha value is -0.0400. The molecule has 0 aliphatic carbocycles. The standard InChI is InChI=1S/C11H12Cl3NO3S/c1-8-2-4-9(5-3-8)10-6-15(10)19(16,17)18-7-11(12,13)14/h2-5,10H,6-7H2,1H3. The van der Waals surface area contributed by atoms with Crippen LogP contribution in [0.2, 0.25) is 0 Å². The highest BCUT2D eigenvalue weighted by Crippen LogP contribution is 2.39. The quantitative estimate of drug-likeness (QED) is 0.623. The topological polar surface area (TPSA) is 46.4 Å². The van der Waals surface area contributed by atoms with Gasteiger partial charge in [0.05, 0.1) is 6.04 Å². The molecule has 1 aromatic carbocycles. The van der Waals surface area contributed by atoms with Crippen molar-refractivity contribution >= 4 is 45.1 Å². The Morgan fingerprint density at radius 2 is 1.89 bits per heavy atom. The van der Waals surface area contributed by atoms with E-state index in [0.717, 1.165) is 11.1 Å². The third-order valence-electron chi connectivity index (χ3n) is 2.69.